The number of amides is 2. The van der Waals surface area contributed by atoms with E-state index in [0.29, 0.717) is 0 Å². The van der Waals surface area contributed by atoms with E-state index < -0.39 is 12.2 Å². The molecule has 8 heteroatoms. The van der Waals surface area contributed by atoms with Crippen LogP contribution in [0, 0.1) is 0 Å². The first-order valence-electron chi connectivity index (χ1n) is 3.15. The van der Waals surface area contributed by atoms with Gasteiger partial charge in [0.05, 0.1) is 7.11 Å². The zero-order chi connectivity index (χ0) is 10.9. The number of hydrogen-bond acceptors (Lipinski definition) is 5. The summed E-state index contributed by atoms with van der Waals surface area (Å²) in [5, 5.41) is 9.28. The number of methoxy groups -OCH3 is 1. The standard InChI is InChI=1S/C3H8N2O2.C2H6N2O2/c1-5(2)4-3(6)7;1-6-2(5)4-3/h4H,1-2H3,(H,6,7);3H2,1H3,(H,4,5). The minimum Gasteiger partial charge on any atom is -0.464 e. The van der Waals surface area contributed by atoms with Crippen LogP contribution in [-0.4, -0.2) is 43.5 Å². The average Bonchev–Trinajstić information content (AvgIpc) is 2.01. The molecule has 0 saturated heterocycles. The Bertz CT molecular complexity index is 155. The highest BCUT2D eigenvalue weighted by molar-refractivity contribution is 5.65. The van der Waals surface area contributed by atoms with Gasteiger partial charge in [-0.25, -0.2) is 20.4 Å². The van der Waals surface area contributed by atoms with E-state index in [0.717, 1.165) is 0 Å². The first-order valence-corrected chi connectivity index (χ1v) is 3.15. The predicted molar refractivity (Wildman–Crippen MR) is 44.6 cm³/mol. The van der Waals surface area contributed by atoms with Gasteiger partial charge in [0, 0.05) is 14.1 Å². The molecular weight excluding hydrogens is 180 g/mol. The summed E-state index contributed by atoms with van der Waals surface area (Å²) in [7, 11) is 4.45. The van der Waals surface area contributed by atoms with Crippen LogP contribution in [0.5, 0.6) is 0 Å². The van der Waals surface area contributed by atoms with Crippen molar-refractivity contribution in [3.8, 4) is 0 Å². The summed E-state index contributed by atoms with van der Waals surface area (Å²) >= 11 is 0. The van der Waals surface area contributed by atoms with Gasteiger partial charge in [-0.15, -0.1) is 0 Å². The van der Waals surface area contributed by atoms with Crippen molar-refractivity contribution in [3.05, 3.63) is 0 Å². The molecule has 0 spiro atoms. The molecule has 0 unspecified atom stereocenters. The molecule has 0 aromatic carbocycles. The SMILES string of the molecule is CN(C)NC(=O)O.COC(=O)NN. The highest BCUT2D eigenvalue weighted by Crippen LogP contribution is 1.61. The predicted octanol–water partition coefficient (Wildman–Crippen LogP) is -1.05. The molecule has 13 heavy (non-hydrogen) atoms. The third kappa shape index (κ3) is 17.9. The van der Waals surface area contributed by atoms with Crippen LogP contribution in [0.15, 0.2) is 0 Å². The number of nitrogens with two attached hydrogens (primary N) is 1. The Morgan fingerprint density at radius 3 is 1.92 bits per heavy atom. The van der Waals surface area contributed by atoms with Crippen LogP contribution < -0.4 is 16.7 Å². The second-order valence-corrected chi connectivity index (χ2v) is 1.95. The van der Waals surface area contributed by atoms with Gasteiger partial charge >= 0.3 is 12.2 Å². The van der Waals surface area contributed by atoms with Gasteiger partial charge in [-0.3, -0.25) is 10.9 Å². The lowest BCUT2D eigenvalue weighted by Crippen LogP contribution is -2.34. The molecule has 0 radical (unpaired) electrons. The Kier molecular flexibility index (Phi) is 9.22. The summed E-state index contributed by atoms with van der Waals surface area (Å²) in [6.45, 7) is 0. The van der Waals surface area contributed by atoms with E-state index in [1.165, 1.54) is 12.1 Å². The summed E-state index contributed by atoms with van der Waals surface area (Å²) < 4.78 is 4.02. The van der Waals surface area contributed by atoms with Crippen molar-refractivity contribution in [2.45, 2.75) is 0 Å². The maximum absolute atomic E-state index is 9.72. The van der Waals surface area contributed by atoms with E-state index in [9.17, 15) is 9.59 Å². The lowest BCUT2D eigenvalue weighted by atomic mass is 11.1. The highest BCUT2D eigenvalue weighted by atomic mass is 16.5. The van der Waals surface area contributed by atoms with Crippen LogP contribution in [0.2, 0.25) is 0 Å². The summed E-state index contributed by atoms with van der Waals surface area (Å²) in [5.74, 6) is 4.56. The number of rotatable bonds is 1. The van der Waals surface area contributed by atoms with Crippen LogP contribution in [0.25, 0.3) is 0 Å². The van der Waals surface area contributed by atoms with Gasteiger partial charge < -0.3 is 9.84 Å². The Hall–Kier alpha value is -1.54. The fourth-order valence-corrected chi connectivity index (χ4v) is 0.250. The van der Waals surface area contributed by atoms with Crippen molar-refractivity contribution in [2.24, 2.45) is 5.84 Å². The number of carbonyl (C=O) groups excluding carboxylic acids is 1. The van der Waals surface area contributed by atoms with Gasteiger partial charge in [0.2, 0.25) is 0 Å². The van der Waals surface area contributed by atoms with E-state index in [2.05, 4.69) is 16.0 Å². The lowest BCUT2D eigenvalue weighted by Gasteiger charge is -2.05. The molecule has 0 fully saturated rings. The molecule has 0 bridgehead atoms. The molecule has 0 aromatic rings. The molecule has 0 saturated carbocycles. The molecule has 0 atom stereocenters. The Morgan fingerprint density at radius 2 is 1.92 bits per heavy atom. The average molecular weight is 194 g/mol. The maximum atomic E-state index is 9.72. The molecule has 0 rings (SSSR count). The normalized spacial score (nSPS) is 8.08. The zero-order valence-corrected chi connectivity index (χ0v) is 7.70. The molecule has 0 heterocycles. The Morgan fingerprint density at radius 1 is 1.46 bits per heavy atom. The van der Waals surface area contributed by atoms with E-state index in [1.807, 2.05) is 0 Å². The molecule has 5 N–H and O–H groups in total. The van der Waals surface area contributed by atoms with Crippen molar-refractivity contribution in [1.29, 1.82) is 0 Å². The number of carboxylic acid groups (broad SMARTS) is 1. The van der Waals surface area contributed by atoms with E-state index in [4.69, 9.17) is 5.11 Å². The van der Waals surface area contributed by atoms with Gasteiger partial charge in [-0.05, 0) is 0 Å². The van der Waals surface area contributed by atoms with Crippen LogP contribution >= 0.6 is 0 Å². The maximum Gasteiger partial charge on any atom is 0.421 e. The number of nitrogens with one attached hydrogen (secondary N) is 2. The monoisotopic (exact) mass is 194 g/mol. The van der Waals surface area contributed by atoms with Gasteiger partial charge in [-0.1, -0.05) is 0 Å². The third-order valence-electron chi connectivity index (χ3n) is 0.622. The second kappa shape index (κ2) is 8.56. The minimum atomic E-state index is -1.04. The van der Waals surface area contributed by atoms with E-state index in [1.54, 1.807) is 19.5 Å². The van der Waals surface area contributed by atoms with Crippen molar-refractivity contribution < 1.29 is 19.4 Å². The van der Waals surface area contributed by atoms with Crippen molar-refractivity contribution >= 4 is 12.2 Å². The molecular formula is C5H14N4O4. The second-order valence-electron chi connectivity index (χ2n) is 1.95. The lowest BCUT2D eigenvalue weighted by molar-refractivity contribution is 0.165. The third-order valence-corrected chi connectivity index (χ3v) is 0.622. The number of hydrazine groups is 2. The summed E-state index contributed by atoms with van der Waals surface area (Å²) in [6.07, 6.45) is -1.67. The quantitative estimate of drug-likeness (QED) is 0.240. The molecule has 0 aliphatic rings. The number of ether oxygens (including phenoxy) is 1. The van der Waals surface area contributed by atoms with Crippen molar-refractivity contribution in [1.82, 2.24) is 15.9 Å². The molecule has 0 aliphatic carbocycles. The zero-order valence-electron chi connectivity index (χ0n) is 7.70. The number of nitrogens with zero attached hydrogens (tertiary/aromatic N) is 1. The van der Waals surface area contributed by atoms with E-state index >= 15 is 0 Å². The van der Waals surface area contributed by atoms with Crippen LogP contribution in [0.3, 0.4) is 0 Å². The molecule has 0 aliphatic heterocycles. The number of hydrogen-bond donors (Lipinski definition) is 4. The highest BCUT2D eigenvalue weighted by Gasteiger charge is 1.90. The van der Waals surface area contributed by atoms with Crippen molar-refractivity contribution in [3.63, 3.8) is 0 Å². The fourth-order valence-electron chi connectivity index (χ4n) is 0.250. The Labute approximate surface area is 75.6 Å². The summed E-state index contributed by atoms with van der Waals surface area (Å²) in [4.78, 5) is 19.4. The Balaban J connectivity index is 0. The van der Waals surface area contributed by atoms with Crippen molar-refractivity contribution in [2.75, 3.05) is 21.2 Å². The van der Waals surface area contributed by atoms with Gasteiger partial charge in [0.15, 0.2) is 0 Å². The molecule has 8 nitrogen and oxygen atoms in total. The minimum absolute atomic E-state index is 0.630. The molecule has 78 valence electrons. The topological polar surface area (TPSA) is 117 Å². The number of carbonyl (C=O) groups is 2. The molecule has 0 aromatic heterocycles. The van der Waals surface area contributed by atoms with E-state index in [-0.39, 0.29) is 0 Å². The van der Waals surface area contributed by atoms with Crippen LogP contribution in [0.1, 0.15) is 0 Å². The largest absolute Gasteiger partial charge is 0.464 e. The van der Waals surface area contributed by atoms with Gasteiger partial charge in [0.25, 0.3) is 0 Å². The molecule has 2 amide bonds. The summed E-state index contributed by atoms with van der Waals surface area (Å²) in [5.41, 5.74) is 3.81. The first-order chi connectivity index (χ1) is 5.93. The summed E-state index contributed by atoms with van der Waals surface area (Å²) in [6, 6.07) is 0. The first kappa shape index (κ1) is 14.0. The fraction of sp³-hybridized carbons (Fsp3) is 0.600. The van der Waals surface area contributed by atoms with Crippen LogP contribution in [-0.2, 0) is 4.74 Å². The van der Waals surface area contributed by atoms with Gasteiger partial charge in [-0.2, -0.15) is 0 Å². The van der Waals surface area contributed by atoms with Crippen LogP contribution in [0.4, 0.5) is 9.59 Å². The van der Waals surface area contributed by atoms with Gasteiger partial charge in [0.1, 0.15) is 0 Å². The smallest absolute Gasteiger partial charge is 0.421 e.